The number of fused-ring (bicyclic) bond motifs is 6. The van der Waals surface area contributed by atoms with Gasteiger partial charge in [0.1, 0.15) is 6.07 Å². The average molecular weight is 687 g/mol. The molecule has 54 heavy (non-hydrogen) atoms. The van der Waals surface area contributed by atoms with Gasteiger partial charge in [0.05, 0.1) is 45.0 Å². The van der Waals surface area contributed by atoms with Gasteiger partial charge in [-0.2, -0.15) is 10.5 Å². The van der Waals surface area contributed by atoms with Gasteiger partial charge < -0.3 is 9.13 Å². The molecule has 0 fully saturated rings. The van der Waals surface area contributed by atoms with E-state index in [1.165, 1.54) is 0 Å². The standard InChI is InChI=1S/C50H30N4/c51-31-33-25-27-48-44(29-33)43-22-12-21-42(50(43)53(48)36-14-2-1-3-15-36)40-19-8-7-18-39(40)38-17-6-5-16-37(38)34-26-28-49-45(30-34)41-20-9-11-24-47(41)54(49)46-23-10-4-13-35(46)32-52/h1-30H. The van der Waals surface area contributed by atoms with E-state index in [-0.39, 0.29) is 0 Å². The van der Waals surface area contributed by atoms with Crippen LogP contribution in [0.15, 0.2) is 182 Å². The number of hydrogen-bond donors (Lipinski definition) is 0. The number of hydrogen-bond acceptors (Lipinski definition) is 2. The van der Waals surface area contributed by atoms with Crippen molar-refractivity contribution in [2.45, 2.75) is 0 Å². The number of nitrogens with zero attached hydrogens (tertiary/aromatic N) is 4. The first-order valence-corrected chi connectivity index (χ1v) is 18.0. The lowest BCUT2D eigenvalue weighted by atomic mass is 9.88. The Labute approximate surface area is 312 Å². The fourth-order valence-electron chi connectivity index (χ4n) is 8.29. The van der Waals surface area contributed by atoms with Crippen molar-refractivity contribution in [2.24, 2.45) is 0 Å². The van der Waals surface area contributed by atoms with E-state index in [1.807, 2.05) is 42.5 Å². The first kappa shape index (κ1) is 31.1. The van der Waals surface area contributed by atoms with Crippen molar-refractivity contribution >= 4 is 43.6 Å². The minimum absolute atomic E-state index is 0.637. The van der Waals surface area contributed by atoms with Crippen LogP contribution in [0.4, 0.5) is 0 Å². The summed E-state index contributed by atoms with van der Waals surface area (Å²) in [5.74, 6) is 0. The normalized spacial score (nSPS) is 11.3. The van der Waals surface area contributed by atoms with E-state index < -0.39 is 0 Å². The minimum atomic E-state index is 0.637. The zero-order valence-corrected chi connectivity index (χ0v) is 29.1. The quantitative estimate of drug-likeness (QED) is 0.181. The zero-order chi connectivity index (χ0) is 36.2. The zero-order valence-electron chi connectivity index (χ0n) is 29.1. The fraction of sp³-hybridized carbons (Fsp3) is 0. The van der Waals surface area contributed by atoms with Crippen molar-refractivity contribution in [2.75, 3.05) is 0 Å². The number of aromatic nitrogens is 2. The van der Waals surface area contributed by atoms with Gasteiger partial charge in [0.15, 0.2) is 0 Å². The molecule has 0 saturated carbocycles. The third-order valence-corrected chi connectivity index (χ3v) is 10.6. The Balaban J connectivity index is 1.20. The molecule has 0 aliphatic rings. The monoisotopic (exact) mass is 686 g/mol. The topological polar surface area (TPSA) is 57.4 Å². The van der Waals surface area contributed by atoms with Crippen LogP contribution in [0.5, 0.6) is 0 Å². The largest absolute Gasteiger partial charge is 0.309 e. The third-order valence-electron chi connectivity index (χ3n) is 10.6. The van der Waals surface area contributed by atoms with Crippen LogP contribution < -0.4 is 0 Å². The molecule has 0 radical (unpaired) electrons. The van der Waals surface area contributed by atoms with Crippen molar-refractivity contribution in [3.8, 4) is 56.9 Å². The molecule has 0 N–H and O–H groups in total. The number of para-hydroxylation sites is 4. The Morgan fingerprint density at radius 1 is 0.370 bits per heavy atom. The molecular formula is C50H30N4. The minimum Gasteiger partial charge on any atom is -0.309 e. The van der Waals surface area contributed by atoms with Crippen LogP contribution in [0.1, 0.15) is 11.1 Å². The summed E-state index contributed by atoms with van der Waals surface area (Å²) in [7, 11) is 0. The highest BCUT2D eigenvalue weighted by Crippen LogP contribution is 2.44. The second-order valence-corrected chi connectivity index (χ2v) is 13.5. The Morgan fingerprint density at radius 3 is 1.74 bits per heavy atom. The van der Waals surface area contributed by atoms with E-state index in [2.05, 4.69) is 161 Å². The molecule has 0 spiro atoms. The molecule has 0 amide bonds. The highest BCUT2D eigenvalue weighted by atomic mass is 15.0. The van der Waals surface area contributed by atoms with E-state index in [1.54, 1.807) is 0 Å². The maximum absolute atomic E-state index is 10.0. The summed E-state index contributed by atoms with van der Waals surface area (Å²) in [6, 6.07) is 67.9. The molecule has 250 valence electrons. The average Bonchev–Trinajstić information content (AvgIpc) is 3.76. The molecule has 4 heteroatoms. The summed E-state index contributed by atoms with van der Waals surface area (Å²) in [5, 5.41) is 24.3. The summed E-state index contributed by atoms with van der Waals surface area (Å²) in [4.78, 5) is 0. The number of rotatable bonds is 5. The van der Waals surface area contributed by atoms with Crippen LogP contribution in [0.3, 0.4) is 0 Å². The third kappa shape index (κ3) is 4.76. The van der Waals surface area contributed by atoms with Gasteiger partial charge in [-0.1, -0.05) is 121 Å². The van der Waals surface area contributed by atoms with Gasteiger partial charge in [0.2, 0.25) is 0 Å². The lowest BCUT2D eigenvalue weighted by Crippen LogP contribution is -1.97. The Morgan fingerprint density at radius 2 is 0.944 bits per heavy atom. The summed E-state index contributed by atoms with van der Waals surface area (Å²) in [6.07, 6.45) is 0. The molecule has 0 aliphatic carbocycles. The van der Waals surface area contributed by atoms with Gasteiger partial charge in [0, 0.05) is 32.8 Å². The molecule has 8 aromatic carbocycles. The lowest BCUT2D eigenvalue weighted by Gasteiger charge is -2.17. The Kier molecular flexibility index (Phi) is 7.22. The molecular weight excluding hydrogens is 657 g/mol. The Bertz CT molecular complexity index is 3190. The first-order chi connectivity index (χ1) is 26.7. The van der Waals surface area contributed by atoms with Crippen molar-refractivity contribution in [3.05, 3.63) is 193 Å². The van der Waals surface area contributed by atoms with Gasteiger partial charge in [-0.05, 0) is 88.5 Å². The van der Waals surface area contributed by atoms with Crippen LogP contribution >= 0.6 is 0 Å². The predicted molar refractivity (Wildman–Crippen MR) is 221 cm³/mol. The van der Waals surface area contributed by atoms with Crippen molar-refractivity contribution in [1.29, 1.82) is 10.5 Å². The highest BCUT2D eigenvalue weighted by Gasteiger charge is 2.21. The molecule has 0 bridgehead atoms. The molecule has 0 saturated heterocycles. The SMILES string of the molecule is N#Cc1ccc2c(c1)c1cccc(-c3ccccc3-c3ccccc3-c3ccc4c(c3)c3ccccc3n4-c3ccccc3C#N)c1n2-c1ccccc1. The van der Waals surface area contributed by atoms with Gasteiger partial charge in [-0.3, -0.25) is 0 Å². The van der Waals surface area contributed by atoms with Crippen molar-refractivity contribution in [3.63, 3.8) is 0 Å². The summed E-state index contributed by atoms with van der Waals surface area (Å²) in [5.41, 5.74) is 14.3. The summed E-state index contributed by atoms with van der Waals surface area (Å²) < 4.78 is 4.54. The molecule has 2 aromatic heterocycles. The van der Waals surface area contributed by atoms with E-state index in [0.717, 1.165) is 88.4 Å². The molecule has 10 rings (SSSR count). The molecule has 4 nitrogen and oxygen atoms in total. The van der Waals surface area contributed by atoms with Crippen LogP contribution in [0, 0.1) is 22.7 Å². The summed E-state index contributed by atoms with van der Waals surface area (Å²) in [6.45, 7) is 0. The summed E-state index contributed by atoms with van der Waals surface area (Å²) >= 11 is 0. The van der Waals surface area contributed by atoms with Crippen LogP contribution in [0.25, 0.3) is 88.4 Å². The van der Waals surface area contributed by atoms with Gasteiger partial charge in [0.25, 0.3) is 0 Å². The van der Waals surface area contributed by atoms with Gasteiger partial charge in [-0.25, -0.2) is 0 Å². The molecule has 10 aromatic rings. The van der Waals surface area contributed by atoms with E-state index in [0.29, 0.717) is 11.1 Å². The molecule has 0 aliphatic heterocycles. The smallest absolute Gasteiger partial charge is 0.101 e. The van der Waals surface area contributed by atoms with E-state index >= 15 is 0 Å². The van der Waals surface area contributed by atoms with Gasteiger partial charge >= 0.3 is 0 Å². The maximum atomic E-state index is 10.0. The Hall–Kier alpha value is -7.66. The van der Waals surface area contributed by atoms with E-state index in [4.69, 9.17) is 0 Å². The molecule has 2 heterocycles. The second-order valence-electron chi connectivity index (χ2n) is 13.5. The molecule has 0 atom stereocenters. The maximum Gasteiger partial charge on any atom is 0.101 e. The lowest BCUT2D eigenvalue weighted by molar-refractivity contribution is 1.17. The van der Waals surface area contributed by atoms with Crippen LogP contribution in [-0.4, -0.2) is 9.13 Å². The van der Waals surface area contributed by atoms with Crippen molar-refractivity contribution < 1.29 is 0 Å². The number of benzene rings is 8. The van der Waals surface area contributed by atoms with Crippen LogP contribution in [0.2, 0.25) is 0 Å². The highest BCUT2D eigenvalue weighted by molar-refractivity contribution is 6.15. The number of nitriles is 2. The fourth-order valence-corrected chi connectivity index (χ4v) is 8.29. The molecule has 0 unspecified atom stereocenters. The predicted octanol–water partition coefficient (Wildman–Crippen LogP) is 12.6. The second kappa shape index (κ2) is 12.5. The van der Waals surface area contributed by atoms with Crippen LogP contribution in [-0.2, 0) is 0 Å². The van der Waals surface area contributed by atoms with E-state index in [9.17, 15) is 10.5 Å². The first-order valence-electron chi connectivity index (χ1n) is 18.0. The van der Waals surface area contributed by atoms with Crippen molar-refractivity contribution in [1.82, 2.24) is 9.13 Å². The van der Waals surface area contributed by atoms with Gasteiger partial charge in [-0.15, -0.1) is 0 Å².